The van der Waals surface area contributed by atoms with Crippen molar-refractivity contribution in [3.8, 4) is 5.75 Å². The number of carbonyl (C=O) groups excluding carboxylic acids is 1. The number of benzene rings is 1. The van der Waals surface area contributed by atoms with Crippen LogP contribution in [0.2, 0.25) is 0 Å². The predicted octanol–water partition coefficient (Wildman–Crippen LogP) is 1.99. The summed E-state index contributed by atoms with van der Waals surface area (Å²) >= 11 is 0. The molecule has 0 aliphatic heterocycles. The lowest BCUT2D eigenvalue weighted by molar-refractivity contribution is -0.142. The Balaban J connectivity index is 1.53. The number of hydrogen-bond donors (Lipinski definition) is 3. The Morgan fingerprint density at radius 3 is 2.82 bits per heavy atom. The number of methoxy groups -OCH3 is 1. The van der Waals surface area contributed by atoms with E-state index >= 15 is 0 Å². The summed E-state index contributed by atoms with van der Waals surface area (Å²) in [7, 11) is -2.80. The van der Waals surface area contributed by atoms with Gasteiger partial charge in [-0.15, -0.1) is 0 Å². The number of rotatable bonds is 10. The molecule has 1 aromatic carbocycles. The van der Waals surface area contributed by atoms with E-state index in [2.05, 4.69) is 20.0 Å². The lowest BCUT2D eigenvalue weighted by Gasteiger charge is -2.24. The first-order valence-electron chi connectivity index (χ1n) is 10.4. The molecule has 0 saturated heterocycles. The Kier molecular flexibility index (Phi) is 6.67. The molecule has 3 unspecified atom stereocenters. The topological polar surface area (TPSA) is 164 Å². The van der Waals surface area contributed by atoms with Gasteiger partial charge in [-0.05, 0) is 31.1 Å². The molecule has 0 bridgehead atoms. The van der Waals surface area contributed by atoms with Gasteiger partial charge < -0.3 is 20.1 Å². The number of imidazole rings is 1. The maximum Gasteiger partial charge on any atom is 0.459 e. The molecule has 3 aromatic rings. The SMILES string of the molecule is COC(=O)C(C)NP(=O)(OCC1(CO)C/C1=C\n1cnc2c(N)ncnc21)Oc1ccccc1. The van der Waals surface area contributed by atoms with Crippen molar-refractivity contribution in [1.29, 1.82) is 0 Å². The zero-order valence-electron chi connectivity index (χ0n) is 18.6. The van der Waals surface area contributed by atoms with Gasteiger partial charge in [0.2, 0.25) is 0 Å². The van der Waals surface area contributed by atoms with Crippen molar-refractivity contribution in [3.05, 3.63) is 48.6 Å². The second-order valence-electron chi connectivity index (χ2n) is 7.90. The smallest absolute Gasteiger partial charge is 0.459 e. The van der Waals surface area contributed by atoms with Gasteiger partial charge in [0, 0.05) is 11.6 Å². The number of fused-ring (bicyclic) bond motifs is 1. The highest BCUT2D eigenvalue weighted by molar-refractivity contribution is 7.52. The fourth-order valence-electron chi connectivity index (χ4n) is 3.37. The van der Waals surface area contributed by atoms with Crippen molar-refractivity contribution < 1.29 is 28.3 Å². The Morgan fingerprint density at radius 2 is 2.12 bits per heavy atom. The monoisotopic (exact) mass is 488 g/mol. The first kappa shape index (κ1) is 23.8. The summed E-state index contributed by atoms with van der Waals surface area (Å²) in [6, 6.07) is 7.48. The lowest BCUT2D eigenvalue weighted by atomic mass is 10.1. The van der Waals surface area contributed by atoms with Crippen LogP contribution in [0.5, 0.6) is 5.75 Å². The van der Waals surface area contributed by atoms with E-state index in [-0.39, 0.29) is 19.0 Å². The first-order chi connectivity index (χ1) is 16.3. The van der Waals surface area contributed by atoms with Crippen LogP contribution in [0.4, 0.5) is 5.82 Å². The van der Waals surface area contributed by atoms with Crippen molar-refractivity contribution in [3.63, 3.8) is 0 Å². The second kappa shape index (κ2) is 9.51. The molecule has 12 nitrogen and oxygen atoms in total. The highest BCUT2D eigenvalue weighted by Crippen LogP contribution is 2.56. The Morgan fingerprint density at radius 1 is 1.35 bits per heavy atom. The second-order valence-corrected chi connectivity index (χ2v) is 9.60. The van der Waals surface area contributed by atoms with Crippen LogP contribution in [0.3, 0.4) is 0 Å². The van der Waals surface area contributed by atoms with E-state index < -0.39 is 25.2 Å². The lowest BCUT2D eigenvalue weighted by Crippen LogP contribution is -2.35. The maximum atomic E-state index is 13.5. The fourth-order valence-corrected chi connectivity index (χ4v) is 4.94. The molecule has 13 heteroatoms. The molecule has 1 fully saturated rings. The molecule has 2 heterocycles. The van der Waals surface area contributed by atoms with Crippen LogP contribution >= 0.6 is 7.75 Å². The van der Waals surface area contributed by atoms with Gasteiger partial charge in [0.05, 0.1) is 20.3 Å². The number of nitrogens with two attached hydrogens (primary N) is 1. The van der Waals surface area contributed by atoms with Crippen molar-refractivity contribution >= 4 is 36.9 Å². The average Bonchev–Trinajstić information content (AvgIpc) is 3.37. The minimum Gasteiger partial charge on any atom is -0.468 e. The van der Waals surface area contributed by atoms with Gasteiger partial charge in [0.1, 0.15) is 24.4 Å². The number of aromatic nitrogens is 4. The molecule has 2 aromatic heterocycles. The van der Waals surface area contributed by atoms with Gasteiger partial charge in [0.15, 0.2) is 17.0 Å². The Bertz CT molecular complexity index is 1270. The van der Waals surface area contributed by atoms with Gasteiger partial charge in [-0.25, -0.2) is 19.5 Å². The molecule has 0 amide bonds. The van der Waals surface area contributed by atoms with Crippen LogP contribution in [-0.2, 0) is 18.6 Å². The van der Waals surface area contributed by atoms with Gasteiger partial charge >= 0.3 is 13.7 Å². The van der Waals surface area contributed by atoms with Crippen molar-refractivity contribution in [2.75, 3.05) is 26.1 Å². The molecular formula is C21H25N6O6P. The maximum absolute atomic E-state index is 13.5. The van der Waals surface area contributed by atoms with Crippen LogP contribution < -0.4 is 15.3 Å². The van der Waals surface area contributed by atoms with Crippen LogP contribution in [-0.4, -0.2) is 57.0 Å². The highest BCUT2D eigenvalue weighted by Gasteiger charge is 2.51. The zero-order chi connectivity index (χ0) is 24.3. The molecule has 4 rings (SSSR count). The van der Waals surface area contributed by atoms with Crippen LogP contribution in [0.1, 0.15) is 13.3 Å². The van der Waals surface area contributed by atoms with Gasteiger partial charge in [-0.3, -0.25) is 13.9 Å². The summed E-state index contributed by atoms with van der Waals surface area (Å²) in [6.07, 6.45) is 5.15. The molecule has 1 aliphatic rings. The Hall–Kier alpha value is -3.31. The highest BCUT2D eigenvalue weighted by atomic mass is 31.2. The van der Waals surface area contributed by atoms with Crippen molar-refractivity contribution in [2.24, 2.45) is 5.41 Å². The third kappa shape index (κ3) is 4.95. The van der Waals surface area contributed by atoms with E-state index in [4.69, 9.17) is 19.5 Å². The molecule has 1 saturated carbocycles. The van der Waals surface area contributed by atoms with E-state index in [1.807, 2.05) is 0 Å². The molecule has 0 radical (unpaired) electrons. The minimum absolute atomic E-state index is 0.121. The number of carbonyl (C=O) groups is 1. The number of hydrogen-bond acceptors (Lipinski definition) is 10. The number of aliphatic hydroxyl groups excluding tert-OH is 1. The summed E-state index contributed by atoms with van der Waals surface area (Å²) < 4.78 is 31.2. The molecule has 4 N–H and O–H groups in total. The number of aliphatic hydroxyl groups is 1. The minimum atomic E-state index is -4.02. The van der Waals surface area contributed by atoms with Crippen LogP contribution in [0, 0.1) is 5.41 Å². The number of para-hydroxylation sites is 1. The molecule has 1 aliphatic carbocycles. The van der Waals surface area contributed by atoms with E-state index in [1.165, 1.54) is 20.4 Å². The number of nitrogens with one attached hydrogen (secondary N) is 1. The zero-order valence-corrected chi connectivity index (χ0v) is 19.5. The van der Waals surface area contributed by atoms with E-state index in [0.717, 1.165) is 5.57 Å². The largest absolute Gasteiger partial charge is 0.468 e. The quantitative estimate of drug-likeness (QED) is 0.282. The van der Waals surface area contributed by atoms with Crippen molar-refractivity contribution in [1.82, 2.24) is 24.6 Å². The van der Waals surface area contributed by atoms with E-state index in [0.29, 0.717) is 23.3 Å². The standard InChI is InChI=1S/C21H25N6O6P/c1-14(20(29)31-2)26-34(30,33-16-6-4-3-5-7-16)32-11-21(10-28)8-15(21)9-27-13-25-17-18(22)23-12-24-19(17)27/h3-7,9,12-14,28H,8,10-11H2,1-2H3,(H,26,30)(H2,22,23,24)/b15-9+. The summed E-state index contributed by atoms with van der Waals surface area (Å²) in [5.74, 6) is -0.0701. The summed E-state index contributed by atoms with van der Waals surface area (Å²) in [4.78, 5) is 24.2. The van der Waals surface area contributed by atoms with Crippen molar-refractivity contribution in [2.45, 2.75) is 19.4 Å². The number of anilines is 1. The fraction of sp³-hybridized carbons (Fsp3) is 0.333. The molecule has 34 heavy (non-hydrogen) atoms. The number of nitrogens with zero attached hydrogens (tertiary/aromatic N) is 4. The van der Waals surface area contributed by atoms with Gasteiger partial charge in [0.25, 0.3) is 0 Å². The first-order valence-corrected chi connectivity index (χ1v) is 11.9. The van der Waals surface area contributed by atoms with E-state index in [1.54, 1.807) is 47.4 Å². The summed E-state index contributed by atoms with van der Waals surface area (Å²) in [6.45, 7) is 1.11. The van der Waals surface area contributed by atoms with Gasteiger partial charge in [-0.2, -0.15) is 5.09 Å². The summed E-state index contributed by atoms with van der Waals surface area (Å²) in [5.41, 5.74) is 6.87. The van der Waals surface area contributed by atoms with Crippen LogP contribution in [0.15, 0.2) is 48.6 Å². The number of esters is 1. The molecule has 0 spiro atoms. The van der Waals surface area contributed by atoms with Crippen LogP contribution in [0.25, 0.3) is 17.4 Å². The van der Waals surface area contributed by atoms with Gasteiger partial charge in [-0.1, -0.05) is 18.2 Å². The molecule has 3 atom stereocenters. The number of nitrogen functional groups attached to an aromatic ring is 1. The summed E-state index contributed by atoms with van der Waals surface area (Å²) in [5, 5.41) is 12.7. The van der Waals surface area contributed by atoms with E-state index in [9.17, 15) is 14.5 Å². The third-order valence-corrected chi connectivity index (χ3v) is 7.08. The normalized spacial score (nSPS) is 21.2. The third-order valence-electron chi connectivity index (χ3n) is 5.46. The number of ether oxygens (including phenoxy) is 1. The molecular weight excluding hydrogens is 463 g/mol. The molecule has 180 valence electrons. The average molecular weight is 488 g/mol. The Labute approximate surface area is 195 Å². The predicted molar refractivity (Wildman–Crippen MR) is 123 cm³/mol.